The summed E-state index contributed by atoms with van der Waals surface area (Å²) in [5.41, 5.74) is -0.287. The summed E-state index contributed by atoms with van der Waals surface area (Å²) >= 11 is 0. The van der Waals surface area contributed by atoms with Crippen molar-refractivity contribution in [2.24, 2.45) is 5.41 Å². The number of piperidine rings is 1. The third kappa shape index (κ3) is 4.70. The minimum absolute atomic E-state index is 0.0580. The van der Waals surface area contributed by atoms with Crippen molar-refractivity contribution in [2.45, 2.75) is 59.4 Å². The standard InChI is InChI=1S/C16H30N2O3/c1-5-9-17(10-6-2)13(19)12-18-11-7-8-16(3,4)14(18)15(20)21/h14H,5-12H2,1-4H3,(H,20,21). The highest BCUT2D eigenvalue weighted by atomic mass is 16.4. The molecule has 0 aromatic rings. The van der Waals surface area contributed by atoms with Crippen LogP contribution < -0.4 is 0 Å². The lowest BCUT2D eigenvalue weighted by Gasteiger charge is -2.44. The van der Waals surface area contributed by atoms with Crippen molar-refractivity contribution >= 4 is 11.9 Å². The Morgan fingerprint density at radius 1 is 1.24 bits per heavy atom. The Morgan fingerprint density at radius 2 is 1.81 bits per heavy atom. The van der Waals surface area contributed by atoms with Crippen LogP contribution in [0.2, 0.25) is 0 Å². The number of carbonyl (C=O) groups is 2. The largest absolute Gasteiger partial charge is 0.480 e. The highest BCUT2D eigenvalue weighted by Gasteiger charge is 2.43. The molecule has 122 valence electrons. The van der Waals surface area contributed by atoms with Crippen LogP contribution in [0, 0.1) is 5.41 Å². The molecule has 1 atom stereocenters. The van der Waals surface area contributed by atoms with E-state index in [-0.39, 0.29) is 17.9 Å². The van der Waals surface area contributed by atoms with E-state index in [4.69, 9.17) is 0 Å². The van der Waals surface area contributed by atoms with Crippen molar-refractivity contribution in [1.82, 2.24) is 9.80 Å². The number of aliphatic carboxylic acids is 1. The zero-order valence-corrected chi connectivity index (χ0v) is 13.9. The molecule has 0 bridgehead atoms. The topological polar surface area (TPSA) is 60.9 Å². The third-order valence-electron chi connectivity index (χ3n) is 4.28. The fourth-order valence-corrected chi connectivity index (χ4v) is 3.33. The van der Waals surface area contributed by atoms with E-state index in [2.05, 4.69) is 13.8 Å². The van der Waals surface area contributed by atoms with Gasteiger partial charge in [-0.05, 0) is 37.6 Å². The Kier molecular flexibility index (Phi) is 6.65. The molecule has 1 aliphatic rings. The van der Waals surface area contributed by atoms with Crippen molar-refractivity contribution in [3.63, 3.8) is 0 Å². The van der Waals surface area contributed by atoms with E-state index in [0.717, 1.165) is 38.8 Å². The first-order valence-corrected chi connectivity index (χ1v) is 8.08. The van der Waals surface area contributed by atoms with Crippen molar-refractivity contribution in [1.29, 1.82) is 0 Å². The van der Waals surface area contributed by atoms with Crippen LogP contribution in [-0.2, 0) is 9.59 Å². The summed E-state index contributed by atoms with van der Waals surface area (Å²) in [6.45, 7) is 10.5. The van der Waals surface area contributed by atoms with Crippen molar-refractivity contribution in [3.05, 3.63) is 0 Å². The first-order chi connectivity index (χ1) is 9.83. The first kappa shape index (κ1) is 18.0. The molecule has 1 aliphatic heterocycles. The number of carbonyl (C=O) groups excluding carboxylic acids is 1. The van der Waals surface area contributed by atoms with Crippen LogP contribution in [0.3, 0.4) is 0 Å². The summed E-state index contributed by atoms with van der Waals surface area (Å²) in [7, 11) is 0. The zero-order chi connectivity index (χ0) is 16.0. The maximum absolute atomic E-state index is 12.5. The molecule has 5 heteroatoms. The molecule has 0 aromatic carbocycles. The van der Waals surface area contributed by atoms with E-state index in [9.17, 15) is 14.7 Å². The van der Waals surface area contributed by atoms with Gasteiger partial charge in [-0.2, -0.15) is 0 Å². The van der Waals surface area contributed by atoms with Gasteiger partial charge in [0.1, 0.15) is 6.04 Å². The second kappa shape index (κ2) is 7.78. The molecule has 1 amide bonds. The Balaban J connectivity index is 2.78. The number of carboxylic acid groups (broad SMARTS) is 1. The van der Waals surface area contributed by atoms with Gasteiger partial charge < -0.3 is 10.0 Å². The van der Waals surface area contributed by atoms with E-state index in [1.807, 2.05) is 23.6 Å². The Morgan fingerprint density at radius 3 is 2.29 bits per heavy atom. The average Bonchev–Trinajstić information content (AvgIpc) is 2.36. The molecule has 21 heavy (non-hydrogen) atoms. The fraction of sp³-hybridized carbons (Fsp3) is 0.875. The van der Waals surface area contributed by atoms with Gasteiger partial charge in [0.2, 0.25) is 5.91 Å². The summed E-state index contributed by atoms with van der Waals surface area (Å²) in [5.74, 6) is -0.757. The molecule has 0 radical (unpaired) electrons. The van der Waals surface area contributed by atoms with Crippen LogP contribution in [0.25, 0.3) is 0 Å². The van der Waals surface area contributed by atoms with Crippen molar-refractivity contribution < 1.29 is 14.7 Å². The SMILES string of the molecule is CCCN(CCC)C(=O)CN1CCCC(C)(C)C1C(=O)O. The predicted octanol–water partition coefficient (Wildman–Crippen LogP) is 2.21. The highest BCUT2D eigenvalue weighted by Crippen LogP contribution is 2.35. The minimum Gasteiger partial charge on any atom is -0.480 e. The number of nitrogens with zero attached hydrogens (tertiary/aromatic N) is 2. The Labute approximate surface area is 128 Å². The van der Waals surface area contributed by atoms with E-state index in [0.29, 0.717) is 6.54 Å². The Bertz CT molecular complexity index is 363. The van der Waals surface area contributed by atoms with Gasteiger partial charge in [-0.3, -0.25) is 14.5 Å². The van der Waals surface area contributed by atoms with Gasteiger partial charge in [0.15, 0.2) is 0 Å². The summed E-state index contributed by atoms with van der Waals surface area (Å²) in [6.07, 6.45) is 3.70. The van der Waals surface area contributed by atoms with Gasteiger partial charge in [0.25, 0.3) is 0 Å². The molecule has 1 unspecified atom stereocenters. The van der Waals surface area contributed by atoms with Crippen LogP contribution in [-0.4, -0.2) is 59.0 Å². The molecule has 5 nitrogen and oxygen atoms in total. The van der Waals surface area contributed by atoms with Crippen LogP contribution >= 0.6 is 0 Å². The molecule has 0 aliphatic carbocycles. The molecule has 1 heterocycles. The number of rotatable bonds is 7. The lowest BCUT2D eigenvalue weighted by molar-refractivity contribution is -0.152. The lowest BCUT2D eigenvalue weighted by atomic mass is 9.76. The maximum Gasteiger partial charge on any atom is 0.321 e. The number of hydrogen-bond donors (Lipinski definition) is 1. The van der Waals surface area contributed by atoms with Gasteiger partial charge in [-0.15, -0.1) is 0 Å². The number of carboxylic acids is 1. The average molecular weight is 298 g/mol. The normalized spacial score (nSPS) is 22.0. The molecule has 0 aromatic heterocycles. The smallest absolute Gasteiger partial charge is 0.321 e. The third-order valence-corrected chi connectivity index (χ3v) is 4.28. The maximum atomic E-state index is 12.5. The molecular weight excluding hydrogens is 268 g/mol. The van der Waals surface area contributed by atoms with Gasteiger partial charge in [0, 0.05) is 13.1 Å². The lowest BCUT2D eigenvalue weighted by Crippen LogP contribution is -2.56. The van der Waals surface area contributed by atoms with Gasteiger partial charge >= 0.3 is 5.97 Å². The van der Waals surface area contributed by atoms with Crippen LogP contribution in [0.15, 0.2) is 0 Å². The molecule has 1 fully saturated rings. The monoisotopic (exact) mass is 298 g/mol. The van der Waals surface area contributed by atoms with Crippen molar-refractivity contribution in [2.75, 3.05) is 26.2 Å². The summed E-state index contributed by atoms with van der Waals surface area (Å²) in [5, 5.41) is 9.54. The van der Waals surface area contributed by atoms with Crippen LogP contribution in [0.1, 0.15) is 53.4 Å². The molecular formula is C16H30N2O3. The minimum atomic E-state index is -0.815. The van der Waals surface area contributed by atoms with Gasteiger partial charge in [-0.25, -0.2) is 0 Å². The summed E-state index contributed by atoms with van der Waals surface area (Å²) in [4.78, 5) is 27.8. The van der Waals surface area contributed by atoms with E-state index in [1.165, 1.54) is 0 Å². The van der Waals surface area contributed by atoms with Gasteiger partial charge in [-0.1, -0.05) is 27.7 Å². The second-order valence-corrected chi connectivity index (χ2v) is 6.68. The number of likely N-dealkylation sites (tertiary alicyclic amines) is 1. The molecule has 1 N–H and O–H groups in total. The molecule has 1 saturated heterocycles. The second-order valence-electron chi connectivity index (χ2n) is 6.68. The van der Waals surface area contributed by atoms with E-state index >= 15 is 0 Å². The first-order valence-electron chi connectivity index (χ1n) is 8.08. The number of amides is 1. The van der Waals surface area contributed by atoms with Gasteiger partial charge in [0.05, 0.1) is 6.54 Å². The van der Waals surface area contributed by atoms with Crippen LogP contribution in [0.5, 0.6) is 0 Å². The molecule has 0 spiro atoms. The number of hydrogen-bond acceptors (Lipinski definition) is 3. The quantitative estimate of drug-likeness (QED) is 0.783. The zero-order valence-electron chi connectivity index (χ0n) is 13.9. The highest BCUT2D eigenvalue weighted by molar-refractivity contribution is 5.80. The van der Waals surface area contributed by atoms with Crippen LogP contribution in [0.4, 0.5) is 0 Å². The van der Waals surface area contributed by atoms with Crippen molar-refractivity contribution in [3.8, 4) is 0 Å². The fourth-order valence-electron chi connectivity index (χ4n) is 3.33. The summed E-state index contributed by atoms with van der Waals surface area (Å²) in [6, 6.07) is -0.569. The van der Waals surface area contributed by atoms with E-state index < -0.39 is 12.0 Å². The molecule has 0 saturated carbocycles. The Hall–Kier alpha value is -1.10. The predicted molar refractivity (Wildman–Crippen MR) is 83.2 cm³/mol. The molecule has 1 rings (SSSR count). The van der Waals surface area contributed by atoms with E-state index in [1.54, 1.807) is 0 Å². The summed E-state index contributed by atoms with van der Waals surface area (Å²) < 4.78 is 0.